The van der Waals surface area contributed by atoms with Crippen LogP contribution in [0, 0.1) is 0 Å². The third kappa shape index (κ3) is 2.78. The van der Waals surface area contributed by atoms with Crippen molar-refractivity contribution in [2.24, 2.45) is 12.8 Å². The molecule has 2 N–H and O–H groups in total. The Hall–Kier alpha value is -0.940. The molecule has 1 unspecified atom stereocenters. The first-order valence-corrected chi connectivity index (χ1v) is 4.89. The van der Waals surface area contributed by atoms with Crippen molar-refractivity contribution in [2.45, 2.75) is 19.5 Å². The van der Waals surface area contributed by atoms with Gasteiger partial charge in [-0.3, -0.25) is 9.58 Å². The maximum Gasteiger partial charge on any atom is 0.0899 e. The molecule has 0 spiro atoms. The van der Waals surface area contributed by atoms with E-state index in [1.165, 1.54) is 0 Å². The van der Waals surface area contributed by atoms with E-state index in [0.717, 1.165) is 12.2 Å². The van der Waals surface area contributed by atoms with Gasteiger partial charge in [-0.05, 0) is 20.0 Å². The Kier molecular flexibility index (Phi) is 3.60. The van der Waals surface area contributed by atoms with Gasteiger partial charge in [0, 0.05) is 19.8 Å². The first-order valence-electron chi connectivity index (χ1n) is 4.49. The maximum atomic E-state index is 5.56. The summed E-state index contributed by atoms with van der Waals surface area (Å²) in [4.78, 5) is 2.59. The minimum absolute atomic E-state index is 0.104. The molecule has 14 heavy (non-hydrogen) atoms. The lowest BCUT2D eigenvalue weighted by molar-refractivity contribution is 0.299. The Morgan fingerprint density at radius 2 is 2.43 bits per heavy atom. The van der Waals surface area contributed by atoms with Crippen molar-refractivity contribution < 1.29 is 0 Å². The van der Waals surface area contributed by atoms with E-state index >= 15 is 0 Å². The van der Waals surface area contributed by atoms with Gasteiger partial charge in [0.2, 0.25) is 0 Å². The van der Waals surface area contributed by atoms with Crippen molar-refractivity contribution in [1.29, 1.82) is 0 Å². The number of nitrogens with zero attached hydrogens (tertiary/aromatic N) is 3. The van der Waals surface area contributed by atoms with Crippen LogP contribution in [0.25, 0.3) is 0 Å². The topological polar surface area (TPSA) is 47.1 Å². The van der Waals surface area contributed by atoms with Crippen LogP contribution in [0.3, 0.4) is 0 Å². The van der Waals surface area contributed by atoms with Crippen LogP contribution < -0.4 is 5.73 Å². The zero-order valence-electron chi connectivity index (χ0n) is 8.77. The van der Waals surface area contributed by atoms with Gasteiger partial charge in [-0.2, -0.15) is 5.10 Å². The third-order valence-corrected chi connectivity index (χ3v) is 2.59. The van der Waals surface area contributed by atoms with Gasteiger partial charge in [0.25, 0.3) is 0 Å². The average Bonchev–Trinajstić information content (AvgIpc) is 2.49. The number of rotatable bonds is 4. The van der Waals surface area contributed by atoms with Gasteiger partial charge in [0.15, 0.2) is 0 Å². The molecule has 0 aliphatic carbocycles. The largest absolute Gasteiger partial charge is 0.392 e. The molecule has 0 fully saturated rings. The summed E-state index contributed by atoms with van der Waals surface area (Å²) in [5, 5.41) is 4.28. The number of nitrogens with two attached hydrogens (primary N) is 1. The highest BCUT2D eigenvalue weighted by molar-refractivity contribution is 7.80. The number of hydrogen-bond donors (Lipinski definition) is 1. The van der Waals surface area contributed by atoms with Crippen LogP contribution in [0.4, 0.5) is 0 Å². The summed E-state index contributed by atoms with van der Waals surface area (Å²) in [5.41, 5.74) is 6.59. The standard InChI is InChI=1S/C9H16N4S/c1-7(9(10)14)12(2)6-8-4-5-13(3)11-8/h4-5,7H,6H2,1-3H3,(H2,10,14). The Labute approximate surface area is 89.7 Å². The molecule has 0 aromatic carbocycles. The molecule has 0 saturated heterocycles. The second-order valence-corrected chi connectivity index (χ2v) is 3.95. The number of likely N-dealkylation sites (N-methyl/N-ethyl adjacent to an activating group) is 1. The molecule has 0 aliphatic heterocycles. The van der Waals surface area contributed by atoms with Crippen LogP contribution in [0.5, 0.6) is 0 Å². The van der Waals surface area contributed by atoms with Gasteiger partial charge in [0.05, 0.1) is 16.7 Å². The molecule has 5 heteroatoms. The second kappa shape index (κ2) is 4.52. The van der Waals surface area contributed by atoms with Gasteiger partial charge in [-0.1, -0.05) is 12.2 Å². The van der Waals surface area contributed by atoms with Crippen LogP contribution in [0.2, 0.25) is 0 Å². The molecule has 4 nitrogen and oxygen atoms in total. The summed E-state index contributed by atoms with van der Waals surface area (Å²) in [5.74, 6) is 0. The Bertz CT molecular complexity index is 320. The molecular weight excluding hydrogens is 196 g/mol. The van der Waals surface area contributed by atoms with E-state index in [4.69, 9.17) is 18.0 Å². The molecule has 1 heterocycles. The van der Waals surface area contributed by atoms with E-state index in [2.05, 4.69) is 10.00 Å². The summed E-state index contributed by atoms with van der Waals surface area (Å²) >= 11 is 4.93. The first-order chi connectivity index (χ1) is 6.50. The van der Waals surface area contributed by atoms with Gasteiger partial charge in [-0.15, -0.1) is 0 Å². The molecule has 0 aliphatic rings. The monoisotopic (exact) mass is 212 g/mol. The second-order valence-electron chi connectivity index (χ2n) is 3.47. The number of aryl methyl sites for hydroxylation is 1. The summed E-state index contributed by atoms with van der Waals surface area (Å²) < 4.78 is 1.79. The SMILES string of the molecule is CC(C(N)=S)N(C)Cc1ccn(C)n1. The molecule has 0 amide bonds. The zero-order chi connectivity index (χ0) is 10.7. The van der Waals surface area contributed by atoms with E-state index in [1.807, 2.05) is 33.3 Å². The maximum absolute atomic E-state index is 5.56. The molecule has 0 bridgehead atoms. The highest BCUT2D eigenvalue weighted by Gasteiger charge is 2.12. The summed E-state index contributed by atoms with van der Waals surface area (Å²) in [6.07, 6.45) is 1.93. The molecule has 1 rings (SSSR count). The van der Waals surface area contributed by atoms with Crippen molar-refractivity contribution in [3.05, 3.63) is 18.0 Å². The lowest BCUT2D eigenvalue weighted by Gasteiger charge is -2.22. The molecular formula is C9H16N4S. The van der Waals surface area contributed by atoms with Crippen molar-refractivity contribution in [1.82, 2.24) is 14.7 Å². The van der Waals surface area contributed by atoms with Gasteiger partial charge >= 0.3 is 0 Å². The molecule has 0 radical (unpaired) electrons. The van der Waals surface area contributed by atoms with Crippen molar-refractivity contribution in [2.75, 3.05) is 7.05 Å². The molecule has 78 valence electrons. The van der Waals surface area contributed by atoms with Crippen LogP contribution in [-0.4, -0.2) is 32.8 Å². The smallest absolute Gasteiger partial charge is 0.0899 e. The molecule has 0 saturated carbocycles. The predicted molar refractivity (Wildman–Crippen MR) is 60.9 cm³/mol. The molecule has 1 atom stereocenters. The van der Waals surface area contributed by atoms with Gasteiger partial charge in [0.1, 0.15) is 0 Å². The van der Waals surface area contributed by atoms with Crippen LogP contribution in [0.15, 0.2) is 12.3 Å². The van der Waals surface area contributed by atoms with E-state index in [9.17, 15) is 0 Å². The fourth-order valence-corrected chi connectivity index (χ4v) is 1.34. The Balaban J connectivity index is 2.56. The van der Waals surface area contributed by atoms with Gasteiger partial charge in [-0.25, -0.2) is 0 Å². The lowest BCUT2D eigenvalue weighted by atomic mass is 10.3. The quantitative estimate of drug-likeness (QED) is 0.739. The summed E-state index contributed by atoms with van der Waals surface area (Å²) in [7, 11) is 3.89. The van der Waals surface area contributed by atoms with Crippen LogP contribution >= 0.6 is 12.2 Å². The zero-order valence-corrected chi connectivity index (χ0v) is 9.58. The van der Waals surface area contributed by atoms with Crippen molar-refractivity contribution in [3.63, 3.8) is 0 Å². The number of thiocarbonyl (C=S) groups is 1. The minimum Gasteiger partial charge on any atom is -0.392 e. The number of hydrogen-bond acceptors (Lipinski definition) is 3. The normalized spacial score (nSPS) is 13.1. The molecule has 1 aromatic rings. The van der Waals surface area contributed by atoms with E-state index < -0.39 is 0 Å². The van der Waals surface area contributed by atoms with Crippen LogP contribution in [-0.2, 0) is 13.6 Å². The van der Waals surface area contributed by atoms with E-state index in [-0.39, 0.29) is 6.04 Å². The first kappa shape index (κ1) is 11.1. The average molecular weight is 212 g/mol. The van der Waals surface area contributed by atoms with E-state index in [0.29, 0.717) is 4.99 Å². The van der Waals surface area contributed by atoms with Gasteiger partial charge < -0.3 is 5.73 Å². The minimum atomic E-state index is 0.104. The fraction of sp³-hybridized carbons (Fsp3) is 0.556. The van der Waals surface area contributed by atoms with Crippen molar-refractivity contribution in [3.8, 4) is 0 Å². The predicted octanol–water partition coefficient (Wildman–Crippen LogP) is 0.526. The summed E-state index contributed by atoms with van der Waals surface area (Å²) in [6, 6.07) is 2.09. The lowest BCUT2D eigenvalue weighted by Crippen LogP contribution is -2.38. The Morgan fingerprint density at radius 3 is 2.86 bits per heavy atom. The molecule has 1 aromatic heterocycles. The number of aromatic nitrogens is 2. The third-order valence-electron chi connectivity index (χ3n) is 2.25. The van der Waals surface area contributed by atoms with Crippen molar-refractivity contribution >= 4 is 17.2 Å². The highest BCUT2D eigenvalue weighted by atomic mass is 32.1. The van der Waals surface area contributed by atoms with Crippen LogP contribution in [0.1, 0.15) is 12.6 Å². The Morgan fingerprint density at radius 1 is 1.79 bits per heavy atom. The fourth-order valence-electron chi connectivity index (χ4n) is 1.16. The highest BCUT2D eigenvalue weighted by Crippen LogP contribution is 2.03. The summed E-state index contributed by atoms with van der Waals surface area (Å²) in [6.45, 7) is 2.75. The van der Waals surface area contributed by atoms with E-state index in [1.54, 1.807) is 4.68 Å².